The zero-order chi connectivity index (χ0) is 22.7. The Kier molecular flexibility index (Phi) is 6.47. The van der Waals surface area contributed by atoms with Crippen LogP contribution in [-0.4, -0.2) is 18.4 Å². The molecule has 3 aromatic carbocycles. The fourth-order valence-corrected chi connectivity index (χ4v) is 4.61. The Labute approximate surface area is 192 Å². The summed E-state index contributed by atoms with van der Waals surface area (Å²) in [6.07, 6.45) is 0. The average molecular weight is 444 g/mol. The van der Waals surface area contributed by atoms with Crippen molar-refractivity contribution in [2.45, 2.75) is 31.6 Å². The molecule has 0 N–H and O–H groups in total. The van der Waals surface area contributed by atoms with Crippen molar-refractivity contribution < 1.29 is 14.3 Å². The van der Waals surface area contributed by atoms with Crippen molar-refractivity contribution in [3.63, 3.8) is 0 Å². The summed E-state index contributed by atoms with van der Waals surface area (Å²) in [5, 5.41) is 0. The topological polar surface area (TPSA) is 46.6 Å². The molecule has 1 aliphatic rings. The van der Waals surface area contributed by atoms with Crippen LogP contribution in [0.5, 0.6) is 5.75 Å². The highest BCUT2D eigenvalue weighted by Crippen LogP contribution is 2.41. The number of ether oxygens (including phenoxy) is 1. The summed E-state index contributed by atoms with van der Waals surface area (Å²) in [4.78, 5) is 29.7. The van der Waals surface area contributed by atoms with Gasteiger partial charge in [-0.25, -0.2) is 4.90 Å². The van der Waals surface area contributed by atoms with Crippen molar-refractivity contribution in [1.82, 2.24) is 0 Å². The van der Waals surface area contributed by atoms with Gasteiger partial charge in [-0.1, -0.05) is 68.1 Å². The number of hydrogen-bond acceptors (Lipinski definition) is 4. The van der Waals surface area contributed by atoms with Gasteiger partial charge in [0.15, 0.2) is 0 Å². The van der Waals surface area contributed by atoms with E-state index in [-0.39, 0.29) is 11.8 Å². The highest BCUT2D eigenvalue weighted by molar-refractivity contribution is 8.04. The van der Waals surface area contributed by atoms with Gasteiger partial charge >= 0.3 is 0 Å². The fraction of sp³-hybridized carbons (Fsp3) is 0.185. The number of carbonyl (C=O) groups is 2. The number of carbonyl (C=O) groups excluding carboxylic acids is 2. The van der Waals surface area contributed by atoms with E-state index in [1.54, 1.807) is 0 Å². The molecule has 4 nitrogen and oxygen atoms in total. The van der Waals surface area contributed by atoms with Crippen LogP contribution >= 0.6 is 11.8 Å². The largest absolute Gasteiger partial charge is 0.494 e. The lowest BCUT2D eigenvalue weighted by Gasteiger charge is -2.16. The SMILES string of the molecule is CCOc1ccc(C2=C(Sc3ccccc3)C(=O)N(c3ccc(C(C)C)cc3)C2=O)cc1. The normalized spacial score (nSPS) is 13.9. The zero-order valence-corrected chi connectivity index (χ0v) is 19.2. The van der Waals surface area contributed by atoms with E-state index in [9.17, 15) is 9.59 Å². The van der Waals surface area contributed by atoms with Gasteiger partial charge in [0.2, 0.25) is 0 Å². The van der Waals surface area contributed by atoms with Crippen LogP contribution in [0.25, 0.3) is 5.57 Å². The van der Waals surface area contributed by atoms with Crippen LogP contribution in [0.4, 0.5) is 5.69 Å². The van der Waals surface area contributed by atoms with Gasteiger partial charge < -0.3 is 4.74 Å². The Balaban J connectivity index is 1.75. The molecule has 3 aromatic rings. The molecule has 0 saturated heterocycles. The molecule has 0 spiro atoms. The zero-order valence-electron chi connectivity index (χ0n) is 18.4. The Morgan fingerprint density at radius 2 is 1.50 bits per heavy atom. The molecule has 2 amide bonds. The van der Waals surface area contributed by atoms with Crippen LogP contribution in [0.3, 0.4) is 0 Å². The van der Waals surface area contributed by atoms with E-state index in [4.69, 9.17) is 4.74 Å². The second-order valence-corrected chi connectivity index (χ2v) is 8.85. The number of thioether (sulfide) groups is 1. The number of imide groups is 1. The maximum Gasteiger partial charge on any atom is 0.272 e. The van der Waals surface area contributed by atoms with Gasteiger partial charge in [0, 0.05) is 4.90 Å². The molecule has 1 aliphatic heterocycles. The smallest absolute Gasteiger partial charge is 0.272 e. The molecule has 0 atom stereocenters. The number of amides is 2. The summed E-state index contributed by atoms with van der Waals surface area (Å²) in [5.41, 5.74) is 2.86. The average Bonchev–Trinajstić information content (AvgIpc) is 3.04. The van der Waals surface area contributed by atoms with E-state index in [1.807, 2.05) is 85.8 Å². The van der Waals surface area contributed by atoms with Gasteiger partial charge in [0.1, 0.15) is 5.75 Å². The lowest BCUT2D eigenvalue weighted by Crippen LogP contribution is -2.31. The van der Waals surface area contributed by atoms with Gasteiger partial charge in [0.05, 0.1) is 22.8 Å². The molecule has 0 bridgehead atoms. The van der Waals surface area contributed by atoms with E-state index in [0.717, 1.165) is 16.2 Å². The summed E-state index contributed by atoms with van der Waals surface area (Å²) < 4.78 is 5.53. The predicted octanol–water partition coefficient (Wildman–Crippen LogP) is 6.29. The van der Waals surface area contributed by atoms with Crippen molar-refractivity contribution >= 4 is 34.8 Å². The minimum absolute atomic E-state index is 0.301. The molecule has 0 unspecified atom stereocenters. The molecule has 0 fully saturated rings. The van der Waals surface area contributed by atoms with Gasteiger partial charge in [-0.05, 0) is 60.4 Å². The first-order chi connectivity index (χ1) is 15.5. The van der Waals surface area contributed by atoms with Crippen LogP contribution in [0.1, 0.15) is 37.8 Å². The molecular formula is C27H25NO3S. The molecular weight excluding hydrogens is 418 g/mol. The summed E-state index contributed by atoms with van der Waals surface area (Å²) in [6, 6.07) is 24.6. The minimum atomic E-state index is -0.310. The molecule has 0 aliphatic carbocycles. The number of benzene rings is 3. The van der Waals surface area contributed by atoms with Crippen molar-refractivity contribution in [1.29, 1.82) is 0 Å². The van der Waals surface area contributed by atoms with E-state index >= 15 is 0 Å². The second kappa shape index (κ2) is 9.45. The predicted molar refractivity (Wildman–Crippen MR) is 130 cm³/mol. The van der Waals surface area contributed by atoms with Crippen molar-refractivity contribution in [3.8, 4) is 5.75 Å². The van der Waals surface area contributed by atoms with Gasteiger partial charge in [-0.3, -0.25) is 9.59 Å². The van der Waals surface area contributed by atoms with Gasteiger partial charge in [0.25, 0.3) is 11.8 Å². The third-order valence-corrected chi connectivity index (χ3v) is 6.37. The Hall–Kier alpha value is -3.31. The Bertz CT molecular complexity index is 1150. The van der Waals surface area contributed by atoms with E-state index in [0.29, 0.717) is 34.3 Å². The van der Waals surface area contributed by atoms with Crippen LogP contribution in [-0.2, 0) is 9.59 Å². The third-order valence-electron chi connectivity index (χ3n) is 5.28. The molecule has 32 heavy (non-hydrogen) atoms. The number of hydrogen-bond donors (Lipinski definition) is 0. The molecule has 162 valence electrons. The first kappa shape index (κ1) is 21.9. The standard InChI is InChI=1S/C27H25NO3S/c1-4-31-22-16-12-20(13-17-22)24-25(32-23-8-6-5-7-9-23)27(30)28(26(24)29)21-14-10-19(11-15-21)18(2)3/h5-18H,4H2,1-3H3. The third kappa shape index (κ3) is 4.34. The molecule has 0 radical (unpaired) electrons. The van der Waals surface area contributed by atoms with Crippen molar-refractivity contribution in [2.75, 3.05) is 11.5 Å². The lowest BCUT2D eigenvalue weighted by atomic mass is 10.0. The van der Waals surface area contributed by atoms with E-state index < -0.39 is 0 Å². The molecule has 0 aromatic heterocycles. The molecule has 0 saturated carbocycles. The Morgan fingerprint density at radius 1 is 0.844 bits per heavy atom. The highest BCUT2D eigenvalue weighted by atomic mass is 32.2. The summed E-state index contributed by atoms with van der Waals surface area (Å²) in [5.74, 6) is 0.489. The number of rotatable bonds is 7. The minimum Gasteiger partial charge on any atom is -0.494 e. The molecule has 4 rings (SSSR count). The second-order valence-electron chi connectivity index (χ2n) is 7.77. The molecule has 5 heteroatoms. The Morgan fingerprint density at radius 3 is 2.09 bits per heavy atom. The maximum absolute atomic E-state index is 13.5. The fourth-order valence-electron chi connectivity index (χ4n) is 3.59. The number of nitrogens with zero attached hydrogens (tertiary/aromatic N) is 1. The number of anilines is 1. The van der Waals surface area contributed by atoms with E-state index in [2.05, 4.69) is 13.8 Å². The first-order valence-electron chi connectivity index (χ1n) is 10.7. The van der Waals surface area contributed by atoms with Crippen LogP contribution in [0.15, 0.2) is 88.7 Å². The summed E-state index contributed by atoms with van der Waals surface area (Å²) in [6.45, 7) is 6.71. The van der Waals surface area contributed by atoms with Crippen molar-refractivity contribution in [2.24, 2.45) is 0 Å². The lowest BCUT2D eigenvalue weighted by molar-refractivity contribution is -0.119. The first-order valence-corrected chi connectivity index (χ1v) is 11.5. The van der Waals surface area contributed by atoms with Crippen LogP contribution in [0, 0.1) is 0 Å². The van der Waals surface area contributed by atoms with Gasteiger partial charge in [-0.15, -0.1) is 0 Å². The molecule has 1 heterocycles. The van der Waals surface area contributed by atoms with E-state index in [1.165, 1.54) is 16.7 Å². The summed E-state index contributed by atoms with van der Waals surface area (Å²) >= 11 is 1.32. The van der Waals surface area contributed by atoms with Crippen LogP contribution < -0.4 is 9.64 Å². The van der Waals surface area contributed by atoms with Crippen molar-refractivity contribution in [3.05, 3.63) is 94.9 Å². The van der Waals surface area contributed by atoms with Crippen LogP contribution in [0.2, 0.25) is 0 Å². The quantitative estimate of drug-likeness (QED) is 0.403. The maximum atomic E-state index is 13.5. The highest BCUT2D eigenvalue weighted by Gasteiger charge is 2.40. The monoisotopic (exact) mass is 443 g/mol. The van der Waals surface area contributed by atoms with Gasteiger partial charge in [-0.2, -0.15) is 0 Å². The summed E-state index contributed by atoms with van der Waals surface area (Å²) in [7, 11) is 0.